The van der Waals surface area contributed by atoms with Crippen LogP contribution in [0.3, 0.4) is 0 Å². The van der Waals surface area contributed by atoms with Crippen LogP contribution in [-0.2, 0) is 20.9 Å². The SMILES string of the molecule is CC(C)(C)OC=O.FC(F)(F)Oc1ccc(COC2CCNCC2)cc1. The summed E-state index contributed by atoms with van der Waals surface area (Å²) in [6, 6.07) is 5.77. The molecule has 148 valence electrons. The molecule has 1 aromatic rings. The first-order valence-corrected chi connectivity index (χ1v) is 8.37. The average molecular weight is 377 g/mol. The molecule has 1 aliphatic rings. The fraction of sp³-hybridized carbons (Fsp3) is 0.611. The molecule has 1 aromatic carbocycles. The van der Waals surface area contributed by atoms with Crippen LogP contribution in [0.15, 0.2) is 24.3 Å². The highest BCUT2D eigenvalue weighted by Gasteiger charge is 2.30. The first-order valence-electron chi connectivity index (χ1n) is 8.37. The molecule has 1 aliphatic heterocycles. The monoisotopic (exact) mass is 377 g/mol. The van der Waals surface area contributed by atoms with Crippen molar-refractivity contribution in [2.75, 3.05) is 13.1 Å². The Morgan fingerprint density at radius 3 is 2.12 bits per heavy atom. The van der Waals surface area contributed by atoms with Gasteiger partial charge < -0.3 is 19.5 Å². The van der Waals surface area contributed by atoms with Gasteiger partial charge in [-0.1, -0.05) is 12.1 Å². The number of carbonyl (C=O) groups is 1. The lowest BCUT2D eigenvalue weighted by molar-refractivity contribution is -0.274. The number of benzene rings is 1. The molecule has 5 nitrogen and oxygen atoms in total. The molecule has 1 fully saturated rings. The van der Waals surface area contributed by atoms with E-state index in [-0.39, 0.29) is 17.5 Å². The maximum Gasteiger partial charge on any atom is 0.573 e. The smallest absolute Gasteiger partial charge is 0.462 e. The molecule has 2 rings (SSSR count). The van der Waals surface area contributed by atoms with Crippen LogP contribution in [0.4, 0.5) is 13.2 Å². The Labute approximate surface area is 151 Å². The molecule has 26 heavy (non-hydrogen) atoms. The number of hydrogen-bond donors (Lipinski definition) is 1. The predicted octanol–water partition coefficient (Wildman–Crippen LogP) is 3.81. The summed E-state index contributed by atoms with van der Waals surface area (Å²) in [5.41, 5.74) is 0.523. The number of alkyl halides is 3. The minimum atomic E-state index is -4.65. The van der Waals surface area contributed by atoms with Crippen molar-refractivity contribution in [1.29, 1.82) is 0 Å². The summed E-state index contributed by atoms with van der Waals surface area (Å²) < 4.78 is 50.0. The van der Waals surface area contributed by atoms with E-state index in [2.05, 4.69) is 14.8 Å². The molecular formula is C18H26F3NO4. The van der Waals surface area contributed by atoms with Gasteiger partial charge in [0.05, 0.1) is 12.7 Å². The zero-order valence-electron chi connectivity index (χ0n) is 15.3. The Hall–Kier alpha value is -1.80. The maximum atomic E-state index is 12.0. The van der Waals surface area contributed by atoms with E-state index >= 15 is 0 Å². The first kappa shape index (κ1) is 22.2. The molecule has 0 spiro atoms. The van der Waals surface area contributed by atoms with Crippen LogP contribution in [0, 0.1) is 0 Å². The molecule has 0 radical (unpaired) electrons. The van der Waals surface area contributed by atoms with Crippen molar-refractivity contribution in [3.63, 3.8) is 0 Å². The van der Waals surface area contributed by atoms with Gasteiger partial charge in [-0.15, -0.1) is 13.2 Å². The van der Waals surface area contributed by atoms with Crippen molar-refractivity contribution in [3.05, 3.63) is 29.8 Å². The molecule has 0 saturated carbocycles. The van der Waals surface area contributed by atoms with Crippen molar-refractivity contribution >= 4 is 6.47 Å². The van der Waals surface area contributed by atoms with Crippen LogP contribution in [0.2, 0.25) is 0 Å². The van der Waals surface area contributed by atoms with Crippen molar-refractivity contribution in [3.8, 4) is 5.75 Å². The second-order valence-electron chi connectivity index (χ2n) is 6.78. The van der Waals surface area contributed by atoms with E-state index in [1.165, 1.54) is 12.1 Å². The number of carbonyl (C=O) groups excluding carboxylic acids is 1. The Balaban J connectivity index is 0.000000412. The fourth-order valence-corrected chi connectivity index (χ4v) is 2.11. The lowest BCUT2D eigenvalue weighted by Crippen LogP contribution is -2.32. The standard InChI is InChI=1S/C13H16F3NO2.C5H10O2/c14-13(15,16)19-12-3-1-10(2-4-12)9-18-11-5-7-17-8-6-11;1-5(2,3)7-4-6/h1-4,11,17H,5-9H2;4H,1-3H3. The van der Waals surface area contributed by atoms with Gasteiger partial charge in [0, 0.05) is 0 Å². The van der Waals surface area contributed by atoms with E-state index in [4.69, 9.17) is 4.74 Å². The lowest BCUT2D eigenvalue weighted by atomic mass is 10.1. The highest BCUT2D eigenvalue weighted by atomic mass is 19.4. The number of nitrogens with one attached hydrogen (secondary N) is 1. The van der Waals surface area contributed by atoms with Gasteiger partial charge in [-0.25, -0.2) is 0 Å². The van der Waals surface area contributed by atoms with E-state index < -0.39 is 6.36 Å². The number of piperidine rings is 1. The minimum Gasteiger partial charge on any atom is -0.462 e. The first-order chi connectivity index (χ1) is 12.1. The molecule has 0 amide bonds. The van der Waals surface area contributed by atoms with E-state index in [0.29, 0.717) is 13.1 Å². The minimum absolute atomic E-state index is 0.210. The van der Waals surface area contributed by atoms with Gasteiger partial charge in [-0.05, 0) is 64.4 Å². The molecule has 1 heterocycles. The zero-order chi connectivity index (χ0) is 19.6. The van der Waals surface area contributed by atoms with Crippen molar-refractivity contribution in [2.45, 2.75) is 58.3 Å². The van der Waals surface area contributed by atoms with Crippen molar-refractivity contribution in [2.24, 2.45) is 0 Å². The van der Waals surface area contributed by atoms with Crippen LogP contribution in [-0.4, -0.2) is 37.6 Å². The highest BCUT2D eigenvalue weighted by Crippen LogP contribution is 2.23. The quantitative estimate of drug-likeness (QED) is 0.791. The molecule has 1 saturated heterocycles. The van der Waals surface area contributed by atoms with Gasteiger partial charge in [-0.2, -0.15) is 0 Å². The Morgan fingerprint density at radius 1 is 1.12 bits per heavy atom. The van der Waals surface area contributed by atoms with E-state index in [9.17, 15) is 18.0 Å². The average Bonchev–Trinajstić information content (AvgIpc) is 2.53. The van der Waals surface area contributed by atoms with Gasteiger partial charge in [0.1, 0.15) is 11.4 Å². The van der Waals surface area contributed by atoms with Gasteiger partial charge in [0.15, 0.2) is 0 Å². The number of halogens is 3. The summed E-state index contributed by atoms with van der Waals surface area (Å²) in [6.07, 6.45) is -2.48. The molecule has 8 heteroatoms. The maximum absolute atomic E-state index is 12.0. The van der Waals surface area contributed by atoms with Crippen LogP contribution in [0.25, 0.3) is 0 Å². The molecule has 1 N–H and O–H groups in total. The Morgan fingerprint density at radius 2 is 1.69 bits per heavy atom. The number of rotatable bonds is 5. The van der Waals surface area contributed by atoms with Crippen LogP contribution >= 0.6 is 0 Å². The third-order valence-corrected chi connectivity index (χ3v) is 3.33. The molecule has 0 atom stereocenters. The second-order valence-corrected chi connectivity index (χ2v) is 6.78. The van der Waals surface area contributed by atoms with Gasteiger partial charge >= 0.3 is 6.36 Å². The molecule has 0 aliphatic carbocycles. The lowest BCUT2D eigenvalue weighted by Gasteiger charge is -2.23. The number of ether oxygens (including phenoxy) is 3. The molecule has 0 aromatic heterocycles. The zero-order valence-corrected chi connectivity index (χ0v) is 15.3. The fourth-order valence-electron chi connectivity index (χ4n) is 2.11. The largest absolute Gasteiger partial charge is 0.573 e. The normalized spacial score (nSPS) is 15.6. The third kappa shape index (κ3) is 10.9. The highest BCUT2D eigenvalue weighted by molar-refractivity contribution is 5.37. The summed E-state index contributed by atoms with van der Waals surface area (Å²) in [7, 11) is 0. The van der Waals surface area contributed by atoms with Crippen LogP contribution in [0.1, 0.15) is 39.2 Å². The van der Waals surface area contributed by atoms with Gasteiger partial charge in [0.25, 0.3) is 6.47 Å². The van der Waals surface area contributed by atoms with E-state index in [0.717, 1.165) is 31.5 Å². The second kappa shape index (κ2) is 10.4. The van der Waals surface area contributed by atoms with Crippen LogP contribution < -0.4 is 10.1 Å². The Bertz CT molecular complexity index is 521. The molecular weight excluding hydrogens is 351 g/mol. The summed E-state index contributed by atoms with van der Waals surface area (Å²) in [5, 5.41) is 3.24. The summed E-state index contributed by atoms with van der Waals surface area (Å²) in [6.45, 7) is 8.23. The summed E-state index contributed by atoms with van der Waals surface area (Å²) >= 11 is 0. The predicted molar refractivity (Wildman–Crippen MR) is 90.7 cm³/mol. The summed E-state index contributed by atoms with van der Waals surface area (Å²) in [4.78, 5) is 9.60. The number of hydrogen-bond acceptors (Lipinski definition) is 5. The summed E-state index contributed by atoms with van der Waals surface area (Å²) in [5.74, 6) is -0.210. The topological polar surface area (TPSA) is 56.8 Å². The van der Waals surface area contributed by atoms with Crippen molar-refractivity contribution in [1.82, 2.24) is 5.32 Å². The van der Waals surface area contributed by atoms with Gasteiger partial charge in [0.2, 0.25) is 0 Å². The Kier molecular flexibility index (Phi) is 8.87. The molecule has 0 bridgehead atoms. The van der Waals surface area contributed by atoms with Crippen LogP contribution in [0.5, 0.6) is 5.75 Å². The van der Waals surface area contributed by atoms with Crippen molar-refractivity contribution < 1.29 is 32.2 Å². The molecule has 0 unspecified atom stereocenters. The van der Waals surface area contributed by atoms with E-state index in [1.54, 1.807) is 12.1 Å². The van der Waals surface area contributed by atoms with Gasteiger partial charge in [-0.3, -0.25) is 4.79 Å². The third-order valence-electron chi connectivity index (χ3n) is 3.33. The van der Waals surface area contributed by atoms with E-state index in [1.807, 2.05) is 20.8 Å².